The number of nitrogens with two attached hydrogens (primary N) is 1. The van der Waals surface area contributed by atoms with E-state index in [0.717, 1.165) is 6.20 Å². The van der Waals surface area contributed by atoms with Crippen LogP contribution in [0.25, 0.3) is 0 Å². The maximum Gasteiger partial charge on any atom is 0.493 e. The maximum atomic E-state index is 12.4. The highest BCUT2D eigenvalue weighted by atomic mass is 19.4. The summed E-state index contributed by atoms with van der Waals surface area (Å²) < 4.78 is 54.2. The maximum absolute atomic E-state index is 12.4. The lowest BCUT2D eigenvalue weighted by Crippen LogP contribution is -2.35. The van der Waals surface area contributed by atoms with Gasteiger partial charge in [-0.15, -0.1) is 5.06 Å². The van der Waals surface area contributed by atoms with E-state index >= 15 is 0 Å². The first-order valence-corrected chi connectivity index (χ1v) is 6.61. The molecule has 2 rings (SSSR count). The van der Waals surface area contributed by atoms with Gasteiger partial charge >= 0.3 is 12.1 Å². The van der Waals surface area contributed by atoms with E-state index in [1.54, 1.807) is 0 Å². The number of hydrogen-bond donors (Lipinski definition) is 1. The van der Waals surface area contributed by atoms with Crippen molar-refractivity contribution in [1.29, 1.82) is 0 Å². The Morgan fingerprint density at radius 1 is 1.42 bits per heavy atom. The molecule has 10 heteroatoms. The quantitative estimate of drug-likeness (QED) is 0.764. The number of halogens is 4. The molecule has 2 aliphatic rings. The highest BCUT2D eigenvalue weighted by Gasteiger charge is 2.45. The minimum atomic E-state index is -5.22. The van der Waals surface area contributed by atoms with Crippen LogP contribution in [-0.2, 0) is 19.2 Å². The van der Waals surface area contributed by atoms with E-state index in [2.05, 4.69) is 4.84 Å². The Bertz CT molecular complexity index is 664. The molecule has 0 bridgehead atoms. The van der Waals surface area contributed by atoms with Gasteiger partial charge in [0, 0.05) is 12.1 Å². The molecule has 1 atom stereocenters. The van der Waals surface area contributed by atoms with Crippen molar-refractivity contribution in [2.75, 3.05) is 13.2 Å². The number of fused-ring (bicyclic) bond motifs is 1. The average molecular weight is 348 g/mol. The molecule has 2 N–H and O–H groups in total. The summed E-state index contributed by atoms with van der Waals surface area (Å²) in [5, 5.41) is 0.229. The standard InChI is InChI=1S/C14H12F4N2O4/c15-4-8(5-19)7-23-10-1-2-11-9(3-10)6-20(12(11)21)24-13(22)14(16,17)18/h1-4,6,11H,5,7,19H2/b8-4+. The van der Waals surface area contributed by atoms with Crippen LogP contribution in [0.2, 0.25) is 0 Å². The van der Waals surface area contributed by atoms with Crippen LogP contribution in [-0.4, -0.2) is 36.3 Å². The fraction of sp³-hybridized carbons (Fsp3) is 0.286. The van der Waals surface area contributed by atoms with Crippen molar-refractivity contribution in [1.82, 2.24) is 5.06 Å². The lowest BCUT2D eigenvalue weighted by molar-refractivity contribution is -0.228. The fourth-order valence-corrected chi connectivity index (χ4v) is 1.90. The Morgan fingerprint density at radius 2 is 2.12 bits per heavy atom. The minimum absolute atomic E-state index is 0.0432. The summed E-state index contributed by atoms with van der Waals surface area (Å²) in [7, 11) is 0. The zero-order chi connectivity index (χ0) is 17.9. The molecule has 130 valence electrons. The SMILES string of the molecule is NC/C(=C\F)COC1=CC2=CN(OC(=O)C(F)(F)F)C(=O)C2C=C1. The normalized spacial score (nSPS) is 20.5. The van der Waals surface area contributed by atoms with Gasteiger partial charge in [-0.25, -0.2) is 9.18 Å². The van der Waals surface area contributed by atoms with Crippen LogP contribution in [0.3, 0.4) is 0 Å². The first-order chi connectivity index (χ1) is 11.3. The van der Waals surface area contributed by atoms with Crippen LogP contribution >= 0.6 is 0 Å². The predicted molar refractivity (Wildman–Crippen MR) is 72.0 cm³/mol. The van der Waals surface area contributed by atoms with E-state index in [1.165, 1.54) is 18.2 Å². The van der Waals surface area contributed by atoms with E-state index in [9.17, 15) is 27.2 Å². The van der Waals surface area contributed by atoms with Gasteiger partial charge in [0.15, 0.2) is 0 Å². The summed E-state index contributed by atoms with van der Waals surface area (Å²) in [5.41, 5.74) is 5.74. The molecule has 1 amide bonds. The minimum Gasteiger partial charge on any atom is -0.489 e. The Balaban J connectivity index is 2.07. The number of allylic oxidation sites excluding steroid dienone is 2. The second-order valence-corrected chi connectivity index (χ2v) is 4.81. The van der Waals surface area contributed by atoms with Crippen molar-refractivity contribution in [3.8, 4) is 0 Å². The number of carbonyl (C=O) groups excluding carboxylic acids is 2. The van der Waals surface area contributed by atoms with Crippen LogP contribution in [0.15, 0.2) is 47.7 Å². The van der Waals surface area contributed by atoms with Gasteiger partial charge in [-0.1, -0.05) is 6.08 Å². The van der Waals surface area contributed by atoms with Crippen molar-refractivity contribution in [2.45, 2.75) is 6.18 Å². The highest BCUT2D eigenvalue weighted by Crippen LogP contribution is 2.31. The fourth-order valence-electron chi connectivity index (χ4n) is 1.90. The Kier molecular flexibility index (Phi) is 5.07. The Hall–Kier alpha value is -2.62. The highest BCUT2D eigenvalue weighted by molar-refractivity contribution is 5.89. The number of nitrogens with zero attached hydrogens (tertiary/aromatic N) is 1. The molecule has 0 aromatic carbocycles. The Morgan fingerprint density at radius 3 is 2.71 bits per heavy atom. The molecule has 0 aromatic rings. The van der Waals surface area contributed by atoms with Crippen LogP contribution < -0.4 is 5.73 Å². The summed E-state index contributed by atoms with van der Waals surface area (Å²) in [5.74, 6) is -3.98. The van der Waals surface area contributed by atoms with Gasteiger partial charge in [0.25, 0.3) is 5.91 Å². The third kappa shape index (κ3) is 3.82. The summed E-state index contributed by atoms with van der Waals surface area (Å²) in [6.45, 7) is -0.166. The van der Waals surface area contributed by atoms with Gasteiger partial charge in [0.1, 0.15) is 12.4 Å². The molecule has 0 saturated heterocycles. The van der Waals surface area contributed by atoms with E-state index in [0.29, 0.717) is 6.33 Å². The molecule has 0 saturated carbocycles. The summed E-state index contributed by atoms with van der Waals surface area (Å²) in [6, 6.07) is 0. The molecular weight excluding hydrogens is 336 g/mol. The number of hydrogen-bond acceptors (Lipinski definition) is 5. The largest absolute Gasteiger partial charge is 0.493 e. The van der Waals surface area contributed by atoms with Crippen molar-refractivity contribution in [2.24, 2.45) is 11.7 Å². The zero-order valence-electron chi connectivity index (χ0n) is 12.0. The molecule has 0 spiro atoms. The molecule has 24 heavy (non-hydrogen) atoms. The average Bonchev–Trinajstić information content (AvgIpc) is 2.83. The summed E-state index contributed by atoms with van der Waals surface area (Å²) in [6.07, 6.45) is 0.193. The van der Waals surface area contributed by atoms with E-state index in [1.807, 2.05) is 0 Å². The predicted octanol–water partition coefficient (Wildman–Crippen LogP) is 1.63. The van der Waals surface area contributed by atoms with E-state index in [-0.39, 0.29) is 35.1 Å². The Labute approximate surface area is 133 Å². The molecule has 1 heterocycles. The number of alkyl halides is 3. The number of carbonyl (C=O) groups is 2. The van der Waals surface area contributed by atoms with Gasteiger partial charge in [0.2, 0.25) is 0 Å². The van der Waals surface area contributed by atoms with Crippen molar-refractivity contribution in [3.63, 3.8) is 0 Å². The smallest absolute Gasteiger partial charge is 0.489 e. The van der Waals surface area contributed by atoms with Crippen LogP contribution in [0.5, 0.6) is 0 Å². The van der Waals surface area contributed by atoms with Crippen molar-refractivity contribution < 1.29 is 36.7 Å². The number of amides is 1. The lowest BCUT2D eigenvalue weighted by Gasteiger charge is -2.16. The zero-order valence-corrected chi connectivity index (χ0v) is 12.0. The molecule has 0 fully saturated rings. The third-order valence-electron chi connectivity index (χ3n) is 3.12. The van der Waals surface area contributed by atoms with Gasteiger partial charge in [0.05, 0.1) is 18.4 Å². The van der Waals surface area contributed by atoms with Crippen LogP contribution in [0, 0.1) is 5.92 Å². The molecule has 0 radical (unpaired) electrons. The molecule has 1 unspecified atom stereocenters. The van der Waals surface area contributed by atoms with Gasteiger partial charge < -0.3 is 15.3 Å². The van der Waals surface area contributed by atoms with Crippen LogP contribution in [0.4, 0.5) is 17.6 Å². The molecule has 6 nitrogen and oxygen atoms in total. The van der Waals surface area contributed by atoms with Crippen molar-refractivity contribution >= 4 is 11.9 Å². The molecule has 0 aromatic heterocycles. The van der Waals surface area contributed by atoms with Gasteiger partial charge in [-0.2, -0.15) is 13.2 Å². The monoisotopic (exact) mass is 348 g/mol. The summed E-state index contributed by atoms with van der Waals surface area (Å²) in [4.78, 5) is 26.7. The summed E-state index contributed by atoms with van der Waals surface area (Å²) >= 11 is 0. The van der Waals surface area contributed by atoms with Crippen LogP contribution in [0.1, 0.15) is 0 Å². The lowest BCUT2D eigenvalue weighted by atomic mass is 9.96. The second kappa shape index (κ2) is 6.87. The van der Waals surface area contributed by atoms with E-state index < -0.39 is 24.0 Å². The molecular formula is C14H12F4N2O4. The van der Waals surface area contributed by atoms with Crippen molar-refractivity contribution in [3.05, 3.63) is 47.7 Å². The van der Waals surface area contributed by atoms with Gasteiger partial charge in [-0.05, 0) is 17.7 Å². The first kappa shape index (κ1) is 17.7. The first-order valence-electron chi connectivity index (χ1n) is 6.61. The topological polar surface area (TPSA) is 81.9 Å². The van der Waals surface area contributed by atoms with E-state index in [4.69, 9.17) is 10.5 Å². The number of hydroxylamine groups is 2. The number of ether oxygens (including phenoxy) is 1. The molecule has 1 aliphatic carbocycles. The number of rotatable bonds is 5. The second-order valence-electron chi connectivity index (χ2n) is 4.81. The molecule has 1 aliphatic heterocycles. The van der Waals surface area contributed by atoms with Gasteiger partial charge in [-0.3, -0.25) is 4.79 Å². The third-order valence-corrected chi connectivity index (χ3v) is 3.12.